The Hall–Kier alpha value is -0.750. The van der Waals surface area contributed by atoms with Crippen LogP contribution in [0.25, 0.3) is 0 Å². The number of amides is 1. The molecule has 2 saturated heterocycles. The fraction of sp³-hybridized carbons (Fsp3) is 0.533. The lowest BCUT2D eigenvalue weighted by molar-refractivity contribution is -0.134. The van der Waals surface area contributed by atoms with E-state index in [1.54, 1.807) is 11.8 Å². The van der Waals surface area contributed by atoms with Crippen LogP contribution < -0.4 is 5.32 Å². The standard InChI is InChI=1S/C15H20ClN3OS/c16-13-3-1-2-12(8-13)9-18-4-6-19(7-5-18)15(20)14-10-21-11-17-14/h1-3,8,14,17H,4-7,9-11H2. The predicted molar refractivity (Wildman–Crippen MR) is 87.6 cm³/mol. The lowest BCUT2D eigenvalue weighted by atomic mass is 10.2. The molecule has 1 aromatic carbocycles. The van der Waals surface area contributed by atoms with Gasteiger partial charge in [-0.05, 0) is 17.7 Å². The van der Waals surface area contributed by atoms with Gasteiger partial charge in [-0.15, -0.1) is 11.8 Å². The normalized spacial score (nSPS) is 23.5. The fourth-order valence-corrected chi connectivity index (χ4v) is 3.94. The molecule has 2 aliphatic heterocycles. The molecule has 0 saturated carbocycles. The molecule has 1 atom stereocenters. The molecule has 1 N–H and O–H groups in total. The molecule has 3 rings (SSSR count). The van der Waals surface area contributed by atoms with Crippen LogP contribution >= 0.6 is 23.4 Å². The third-order valence-corrected chi connectivity index (χ3v) is 5.17. The van der Waals surface area contributed by atoms with Gasteiger partial charge in [-0.2, -0.15) is 0 Å². The summed E-state index contributed by atoms with van der Waals surface area (Å²) in [5.74, 6) is 2.06. The Morgan fingerprint density at radius 2 is 2.14 bits per heavy atom. The van der Waals surface area contributed by atoms with Crippen LogP contribution in [0.4, 0.5) is 0 Å². The smallest absolute Gasteiger partial charge is 0.240 e. The second-order valence-corrected chi connectivity index (χ2v) is 6.97. The Morgan fingerprint density at radius 3 is 2.81 bits per heavy atom. The number of piperazine rings is 1. The third kappa shape index (κ3) is 3.92. The van der Waals surface area contributed by atoms with E-state index in [-0.39, 0.29) is 11.9 Å². The molecule has 6 heteroatoms. The van der Waals surface area contributed by atoms with Crippen molar-refractivity contribution < 1.29 is 4.79 Å². The van der Waals surface area contributed by atoms with E-state index >= 15 is 0 Å². The van der Waals surface area contributed by atoms with Crippen molar-refractivity contribution in [2.75, 3.05) is 37.8 Å². The van der Waals surface area contributed by atoms with Gasteiger partial charge in [-0.3, -0.25) is 15.0 Å². The van der Waals surface area contributed by atoms with Gasteiger partial charge in [0.15, 0.2) is 0 Å². The molecule has 0 aliphatic carbocycles. The van der Waals surface area contributed by atoms with Crippen LogP contribution in [-0.4, -0.2) is 59.6 Å². The minimum absolute atomic E-state index is 0.0227. The highest BCUT2D eigenvalue weighted by molar-refractivity contribution is 7.99. The summed E-state index contributed by atoms with van der Waals surface area (Å²) in [6.45, 7) is 4.40. The van der Waals surface area contributed by atoms with Gasteiger partial charge in [-0.25, -0.2) is 0 Å². The number of benzene rings is 1. The lowest BCUT2D eigenvalue weighted by Crippen LogP contribution is -2.53. The summed E-state index contributed by atoms with van der Waals surface area (Å²) < 4.78 is 0. The fourth-order valence-electron chi connectivity index (χ4n) is 2.79. The van der Waals surface area contributed by atoms with E-state index in [0.29, 0.717) is 0 Å². The molecular formula is C15H20ClN3OS. The summed E-state index contributed by atoms with van der Waals surface area (Å²) in [7, 11) is 0. The number of hydrogen-bond acceptors (Lipinski definition) is 4. The molecule has 1 amide bonds. The number of nitrogens with one attached hydrogen (secondary N) is 1. The van der Waals surface area contributed by atoms with Crippen LogP contribution in [0.15, 0.2) is 24.3 Å². The summed E-state index contributed by atoms with van der Waals surface area (Å²) in [5.41, 5.74) is 1.23. The first-order chi connectivity index (χ1) is 10.2. The average molecular weight is 326 g/mol. The van der Waals surface area contributed by atoms with Gasteiger partial charge in [0.25, 0.3) is 0 Å². The van der Waals surface area contributed by atoms with E-state index in [1.807, 2.05) is 23.1 Å². The minimum Gasteiger partial charge on any atom is -0.339 e. The zero-order valence-electron chi connectivity index (χ0n) is 11.9. The summed E-state index contributed by atoms with van der Waals surface area (Å²) >= 11 is 7.82. The summed E-state index contributed by atoms with van der Waals surface area (Å²) in [6, 6.07) is 8.02. The van der Waals surface area contributed by atoms with E-state index in [2.05, 4.69) is 16.3 Å². The Balaban J connectivity index is 1.49. The molecule has 0 radical (unpaired) electrons. The maximum Gasteiger partial charge on any atom is 0.240 e. The van der Waals surface area contributed by atoms with Gasteiger partial charge in [0.05, 0.1) is 6.04 Å². The molecule has 0 bridgehead atoms. The third-order valence-electron chi connectivity index (χ3n) is 3.99. The van der Waals surface area contributed by atoms with E-state index in [0.717, 1.165) is 49.4 Å². The van der Waals surface area contributed by atoms with Crippen LogP contribution in [-0.2, 0) is 11.3 Å². The van der Waals surface area contributed by atoms with Crippen molar-refractivity contribution in [3.63, 3.8) is 0 Å². The highest BCUT2D eigenvalue weighted by Gasteiger charge is 2.29. The maximum atomic E-state index is 12.3. The van der Waals surface area contributed by atoms with Gasteiger partial charge >= 0.3 is 0 Å². The number of nitrogens with zero attached hydrogens (tertiary/aromatic N) is 2. The van der Waals surface area contributed by atoms with E-state index < -0.39 is 0 Å². The molecular weight excluding hydrogens is 306 g/mol. The second-order valence-electron chi connectivity index (χ2n) is 5.50. The van der Waals surface area contributed by atoms with Crippen molar-refractivity contribution in [1.29, 1.82) is 0 Å². The first kappa shape index (κ1) is 15.2. The van der Waals surface area contributed by atoms with Gasteiger partial charge in [-0.1, -0.05) is 23.7 Å². The van der Waals surface area contributed by atoms with Crippen molar-refractivity contribution in [1.82, 2.24) is 15.1 Å². The Bertz CT molecular complexity index is 499. The van der Waals surface area contributed by atoms with E-state index in [4.69, 9.17) is 11.6 Å². The quantitative estimate of drug-likeness (QED) is 0.916. The zero-order valence-corrected chi connectivity index (χ0v) is 13.5. The molecule has 114 valence electrons. The number of rotatable bonds is 3. The van der Waals surface area contributed by atoms with Crippen LogP contribution in [0.1, 0.15) is 5.56 Å². The lowest BCUT2D eigenvalue weighted by Gasteiger charge is -2.35. The van der Waals surface area contributed by atoms with E-state index in [9.17, 15) is 4.79 Å². The topological polar surface area (TPSA) is 35.6 Å². The van der Waals surface area contributed by atoms with Crippen LogP contribution in [0.5, 0.6) is 0 Å². The molecule has 4 nitrogen and oxygen atoms in total. The molecule has 2 heterocycles. The van der Waals surface area contributed by atoms with Crippen LogP contribution in [0.3, 0.4) is 0 Å². The van der Waals surface area contributed by atoms with Crippen molar-refractivity contribution in [3.05, 3.63) is 34.9 Å². The Labute approximate surface area is 134 Å². The first-order valence-electron chi connectivity index (χ1n) is 7.29. The van der Waals surface area contributed by atoms with Crippen molar-refractivity contribution >= 4 is 29.3 Å². The first-order valence-corrected chi connectivity index (χ1v) is 8.82. The molecule has 2 fully saturated rings. The maximum absolute atomic E-state index is 12.3. The van der Waals surface area contributed by atoms with Crippen LogP contribution in [0, 0.1) is 0 Å². The predicted octanol–water partition coefficient (Wildman–Crippen LogP) is 1.65. The van der Waals surface area contributed by atoms with Gasteiger partial charge in [0.1, 0.15) is 0 Å². The van der Waals surface area contributed by atoms with E-state index in [1.165, 1.54) is 5.56 Å². The zero-order chi connectivity index (χ0) is 14.7. The monoisotopic (exact) mass is 325 g/mol. The second kappa shape index (κ2) is 7.01. The largest absolute Gasteiger partial charge is 0.339 e. The highest BCUT2D eigenvalue weighted by Crippen LogP contribution is 2.16. The van der Waals surface area contributed by atoms with Gasteiger partial charge in [0.2, 0.25) is 5.91 Å². The number of carbonyl (C=O) groups excluding carboxylic acids is 1. The van der Waals surface area contributed by atoms with Crippen molar-refractivity contribution in [2.45, 2.75) is 12.6 Å². The Kier molecular flexibility index (Phi) is 5.06. The molecule has 21 heavy (non-hydrogen) atoms. The number of thioether (sulfide) groups is 1. The van der Waals surface area contributed by atoms with Gasteiger partial charge < -0.3 is 4.90 Å². The summed E-state index contributed by atoms with van der Waals surface area (Å²) in [6.07, 6.45) is 0. The molecule has 1 unspecified atom stereocenters. The SMILES string of the molecule is O=C(C1CSCN1)N1CCN(Cc2cccc(Cl)c2)CC1. The van der Waals surface area contributed by atoms with Gasteiger partial charge in [0, 0.05) is 49.4 Å². The summed E-state index contributed by atoms with van der Waals surface area (Å²) in [4.78, 5) is 16.7. The highest BCUT2D eigenvalue weighted by atomic mass is 35.5. The molecule has 0 spiro atoms. The Morgan fingerprint density at radius 1 is 1.33 bits per heavy atom. The van der Waals surface area contributed by atoms with Crippen molar-refractivity contribution in [2.24, 2.45) is 0 Å². The number of halogens is 1. The summed E-state index contributed by atoms with van der Waals surface area (Å²) in [5, 5.41) is 4.04. The average Bonchev–Trinajstić information content (AvgIpc) is 3.01. The number of hydrogen-bond donors (Lipinski definition) is 1. The molecule has 1 aromatic rings. The molecule has 2 aliphatic rings. The van der Waals surface area contributed by atoms with Crippen LogP contribution in [0.2, 0.25) is 5.02 Å². The molecule has 0 aromatic heterocycles. The van der Waals surface area contributed by atoms with Crippen molar-refractivity contribution in [3.8, 4) is 0 Å². The minimum atomic E-state index is 0.0227. The number of carbonyl (C=O) groups is 1.